The highest BCUT2D eigenvalue weighted by molar-refractivity contribution is 5.95. The minimum Gasteiger partial charge on any atom is -0.342 e. The van der Waals surface area contributed by atoms with Crippen LogP contribution in [-0.2, 0) is 9.53 Å². The number of fused-ring (bicyclic) bond motifs is 1. The molecule has 3 heterocycles. The van der Waals surface area contributed by atoms with Crippen molar-refractivity contribution in [1.82, 2.24) is 9.80 Å². The summed E-state index contributed by atoms with van der Waals surface area (Å²) in [5, 5.41) is 0. The summed E-state index contributed by atoms with van der Waals surface area (Å²) < 4.78 is 34.5. The van der Waals surface area contributed by atoms with E-state index in [1.54, 1.807) is 40.1 Å². The molecule has 5 rings (SSSR count). The minimum absolute atomic E-state index is 0.0346. The summed E-state index contributed by atoms with van der Waals surface area (Å²) in [7, 11) is 0. The maximum absolute atomic E-state index is 14.3. The maximum Gasteiger partial charge on any atom is 0.257 e. The normalized spacial score (nSPS) is 25.1. The number of amides is 2. The number of benzene rings is 2. The molecule has 2 amide bonds. The number of hydrogen-bond acceptors (Lipinski definition) is 3. The summed E-state index contributed by atoms with van der Waals surface area (Å²) in [6.45, 7) is 0.619. The van der Waals surface area contributed by atoms with Crippen LogP contribution in [0.2, 0.25) is 0 Å². The van der Waals surface area contributed by atoms with Crippen LogP contribution in [0.15, 0.2) is 48.5 Å². The highest BCUT2D eigenvalue weighted by atomic mass is 19.1. The van der Waals surface area contributed by atoms with Crippen molar-refractivity contribution in [3.05, 3.63) is 71.3 Å². The zero-order valence-corrected chi connectivity index (χ0v) is 16.4. The van der Waals surface area contributed by atoms with E-state index in [2.05, 4.69) is 0 Å². The number of likely N-dealkylation sites (tertiary alicyclic amines) is 1. The van der Waals surface area contributed by atoms with Crippen LogP contribution in [0.1, 0.15) is 47.6 Å². The van der Waals surface area contributed by atoms with Crippen LogP contribution >= 0.6 is 0 Å². The summed E-state index contributed by atoms with van der Waals surface area (Å²) in [6.07, 6.45) is 1.65. The summed E-state index contributed by atoms with van der Waals surface area (Å²) in [5.74, 6) is -1.37. The van der Waals surface area contributed by atoms with Gasteiger partial charge in [-0.25, -0.2) is 8.78 Å². The molecule has 0 aromatic heterocycles. The van der Waals surface area contributed by atoms with E-state index < -0.39 is 11.4 Å². The van der Waals surface area contributed by atoms with Gasteiger partial charge in [0.15, 0.2) is 5.60 Å². The van der Waals surface area contributed by atoms with Crippen LogP contribution in [0.25, 0.3) is 0 Å². The number of rotatable bonds is 2. The molecule has 0 aliphatic carbocycles. The summed E-state index contributed by atoms with van der Waals surface area (Å²) in [5.41, 5.74) is -0.436. The molecule has 2 aromatic rings. The van der Waals surface area contributed by atoms with Crippen molar-refractivity contribution in [2.24, 2.45) is 0 Å². The Hall–Kier alpha value is -2.80. The van der Waals surface area contributed by atoms with Crippen LogP contribution in [-0.4, -0.2) is 46.5 Å². The molecular weight excluding hydrogens is 390 g/mol. The van der Waals surface area contributed by atoms with Gasteiger partial charge in [0.25, 0.3) is 11.8 Å². The summed E-state index contributed by atoms with van der Waals surface area (Å²) in [6, 6.07) is 12.1. The first kappa shape index (κ1) is 19.2. The monoisotopic (exact) mass is 412 g/mol. The second-order valence-electron chi connectivity index (χ2n) is 8.17. The molecule has 0 bridgehead atoms. The third-order valence-corrected chi connectivity index (χ3v) is 6.55. The molecule has 2 aromatic carbocycles. The van der Waals surface area contributed by atoms with Gasteiger partial charge in [-0.05, 0) is 31.0 Å². The Labute approximate surface area is 173 Å². The molecule has 1 spiro atoms. The average molecular weight is 412 g/mol. The second-order valence-corrected chi connectivity index (χ2v) is 8.17. The van der Waals surface area contributed by atoms with E-state index in [9.17, 15) is 18.4 Å². The third-order valence-electron chi connectivity index (χ3n) is 6.55. The molecule has 2 atom stereocenters. The van der Waals surface area contributed by atoms with Gasteiger partial charge in [0, 0.05) is 31.5 Å². The van der Waals surface area contributed by atoms with Gasteiger partial charge in [0.05, 0.1) is 11.6 Å². The molecule has 5 nitrogen and oxygen atoms in total. The number of carbonyl (C=O) groups is 2. The fourth-order valence-electron chi connectivity index (χ4n) is 4.97. The molecule has 156 valence electrons. The van der Waals surface area contributed by atoms with Gasteiger partial charge in [-0.1, -0.05) is 30.3 Å². The van der Waals surface area contributed by atoms with E-state index in [1.807, 2.05) is 0 Å². The topological polar surface area (TPSA) is 49.9 Å². The van der Waals surface area contributed by atoms with Crippen molar-refractivity contribution < 1.29 is 23.1 Å². The predicted octanol–water partition coefficient (Wildman–Crippen LogP) is 3.66. The van der Waals surface area contributed by atoms with Gasteiger partial charge in [-0.3, -0.25) is 9.59 Å². The Balaban J connectivity index is 1.32. The van der Waals surface area contributed by atoms with Gasteiger partial charge in [0.1, 0.15) is 17.9 Å². The van der Waals surface area contributed by atoms with E-state index in [1.165, 1.54) is 18.2 Å². The maximum atomic E-state index is 14.3. The summed E-state index contributed by atoms with van der Waals surface area (Å²) in [4.78, 5) is 29.3. The molecule has 0 saturated carbocycles. The Morgan fingerprint density at radius 3 is 2.33 bits per heavy atom. The predicted molar refractivity (Wildman–Crippen MR) is 104 cm³/mol. The Bertz CT molecular complexity index is 1000. The smallest absolute Gasteiger partial charge is 0.257 e. The Morgan fingerprint density at radius 2 is 1.63 bits per heavy atom. The van der Waals surface area contributed by atoms with Crippen LogP contribution in [0.3, 0.4) is 0 Å². The van der Waals surface area contributed by atoms with E-state index in [4.69, 9.17) is 4.74 Å². The van der Waals surface area contributed by atoms with Crippen molar-refractivity contribution >= 4 is 11.8 Å². The standard InChI is InChI=1S/C23H22F2N2O3/c24-17-7-3-1-5-15(17)19-9-10-20-27(19)22(29)23(30-20)11-13-26(14-12-23)21(28)16-6-2-4-8-18(16)25/h1-8,19-20H,9-14H2. The molecule has 7 heteroatoms. The average Bonchev–Trinajstić information content (AvgIpc) is 3.27. The van der Waals surface area contributed by atoms with Crippen molar-refractivity contribution in [2.45, 2.75) is 43.6 Å². The number of carbonyl (C=O) groups excluding carboxylic acids is 2. The van der Waals surface area contributed by atoms with Gasteiger partial charge in [-0.2, -0.15) is 0 Å². The van der Waals surface area contributed by atoms with Crippen molar-refractivity contribution in [3.8, 4) is 0 Å². The molecule has 3 fully saturated rings. The van der Waals surface area contributed by atoms with Crippen molar-refractivity contribution in [2.75, 3.05) is 13.1 Å². The molecule has 2 unspecified atom stereocenters. The Kier molecular flexibility index (Phi) is 4.58. The SMILES string of the molecule is O=C(c1ccccc1F)N1CCC2(CC1)OC1CCC(c3ccccc3F)N1C2=O. The first-order valence-electron chi connectivity index (χ1n) is 10.3. The highest BCUT2D eigenvalue weighted by Gasteiger charge is 2.58. The number of halogens is 2. The lowest BCUT2D eigenvalue weighted by Gasteiger charge is -2.37. The molecule has 3 saturated heterocycles. The van der Waals surface area contributed by atoms with Gasteiger partial charge < -0.3 is 14.5 Å². The molecular formula is C23H22F2N2O3. The largest absolute Gasteiger partial charge is 0.342 e. The second kappa shape index (κ2) is 7.16. The zero-order valence-electron chi connectivity index (χ0n) is 16.4. The minimum atomic E-state index is -0.986. The summed E-state index contributed by atoms with van der Waals surface area (Å²) >= 11 is 0. The lowest BCUT2D eigenvalue weighted by Crippen LogP contribution is -2.51. The van der Waals surface area contributed by atoms with Gasteiger partial charge in [0.2, 0.25) is 0 Å². The number of ether oxygens (including phenoxy) is 1. The first-order chi connectivity index (χ1) is 14.5. The van der Waals surface area contributed by atoms with Gasteiger partial charge >= 0.3 is 0 Å². The number of piperidine rings is 1. The Morgan fingerprint density at radius 1 is 0.967 bits per heavy atom. The van der Waals surface area contributed by atoms with E-state index >= 15 is 0 Å². The van der Waals surface area contributed by atoms with Crippen LogP contribution in [0.5, 0.6) is 0 Å². The zero-order chi connectivity index (χ0) is 20.9. The highest BCUT2D eigenvalue weighted by Crippen LogP contribution is 2.48. The number of hydrogen-bond donors (Lipinski definition) is 0. The molecule has 0 radical (unpaired) electrons. The quantitative estimate of drug-likeness (QED) is 0.757. The molecule has 30 heavy (non-hydrogen) atoms. The molecule has 3 aliphatic heterocycles. The van der Waals surface area contributed by atoms with Crippen LogP contribution < -0.4 is 0 Å². The van der Waals surface area contributed by atoms with E-state index in [0.717, 1.165) is 0 Å². The third kappa shape index (κ3) is 2.91. The van der Waals surface area contributed by atoms with Crippen molar-refractivity contribution in [1.29, 1.82) is 0 Å². The van der Waals surface area contributed by atoms with E-state index in [0.29, 0.717) is 44.3 Å². The number of nitrogens with zero attached hydrogens (tertiary/aromatic N) is 2. The van der Waals surface area contributed by atoms with Crippen LogP contribution in [0, 0.1) is 11.6 Å². The molecule has 3 aliphatic rings. The molecule has 0 N–H and O–H groups in total. The lowest BCUT2D eigenvalue weighted by atomic mass is 9.89. The van der Waals surface area contributed by atoms with Gasteiger partial charge in [-0.15, -0.1) is 0 Å². The fraction of sp³-hybridized carbons (Fsp3) is 0.391. The van der Waals surface area contributed by atoms with Crippen molar-refractivity contribution in [3.63, 3.8) is 0 Å². The van der Waals surface area contributed by atoms with E-state index in [-0.39, 0.29) is 35.5 Å². The fourth-order valence-corrected chi connectivity index (χ4v) is 4.97. The van der Waals surface area contributed by atoms with Crippen LogP contribution in [0.4, 0.5) is 8.78 Å². The first-order valence-corrected chi connectivity index (χ1v) is 10.3. The lowest BCUT2D eigenvalue weighted by molar-refractivity contribution is -0.142.